The second kappa shape index (κ2) is 4.72. The molecule has 0 N–H and O–H groups in total. The van der Waals surface area contributed by atoms with Crippen LogP contribution in [0.15, 0.2) is 24.4 Å². The number of ether oxygens (including phenoxy) is 1. The first-order chi connectivity index (χ1) is 9.20. The van der Waals surface area contributed by atoms with Gasteiger partial charge in [0.25, 0.3) is 0 Å². The van der Waals surface area contributed by atoms with Crippen LogP contribution >= 0.6 is 0 Å². The maximum atomic E-state index is 11.6. The lowest BCUT2D eigenvalue weighted by atomic mass is 9.97. The lowest BCUT2D eigenvalue weighted by Gasteiger charge is -2.07. The third-order valence-electron chi connectivity index (χ3n) is 4.24. The van der Waals surface area contributed by atoms with Gasteiger partial charge < -0.3 is 9.30 Å². The maximum absolute atomic E-state index is 11.6. The zero-order valence-electron chi connectivity index (χ0n) is 11.5. The number of aromatic nitrogens is 1. The van der Waals surface area contributed by atoms with Gasteiger partial charge in [0, 0.05) is 24.1 Å². The number of hydrogen-bond acceptors (Lipinski definition) is 2. The summed E-state index contributed by atoms with van der Waals surface area (Å²) in [5.41, 5.74) is 3.17. The van der Waals surface area contributed by atoms with Gasteiger partial charge in [0.2, 0.25) is 0 Å². The van der Waals surface area contributed by atoms with Gasteiger partial charge in [-0.25, -0.2) is 4.79 Å². The monoisotopic (exact) mass is 257 g/mol. The van der Waals surface area contributed by atoms with Crippen LogP contribution in [-0.4, -0.2) is 17.6 Å². The van der Waals surface area contributed by atoms with Crippen LogP contribution in [0, 0.1) is 0 Å². The molecule has 1 aromatic carbocycles. The molecule has 1 aliphatic rings. The molecule has 1 aliphatic carbocycles. The molecular formula is C16H19NO2. The Morgan fingerprint density at radius 2 is 2.05 bits per heavy atom. The summed E-state index contributed by atoms with van der Waals surface area (Å²) in [6.45, 7) is 0. The van der Waals surface area contributed by atoms with E-state index in [1.54, 1.807) is 0 Å². The summed E-state index contributed by atoms with van der Waals surface area (Å²) in [6.07, 6.45) is 7.47. The van der Waals surface area contributed by atoms with E-state index in [9.17, 15) is 4.79 Å². The molecule has 0 aliphatic heterocycles. The van der Waals surface area contributed by atoms with E-state index in [2.05, 4.69) is 16.8 Å². The zero-order valence-corrected chi connectivity index (χ0v) is 11.5. The Labute approximate surface area is 113 Å². The Bertz CT molecular complexity index is 621. The number of methoxy groups -OCH3 is 1. The van der Waals surface area contributed by atoms with Gasteiger partial charge in [0.1, 0.15) is 0 Å². The van der Waals surface area contributed by atoms with Crippen molar-refractivity contribution in [1.29, 1.82) is 0 Å². The first-order valence-electron chi connectivity index (χ1n) is 6.88. The fourth-order valence-corrected chi connectivity index (χ4v) is 3.22. The van der Waals surface area contributed by atoms with Crippen molar-refractivity contribution >= 4 is 16.9 Å². The predicted molar refractivity (Wildman–Crippen MR) is 75.5 cm³/mol. The molecule has 3 rings (SSSR count). The van der Waals surface area contributed by atoms with E-state index >= 15 is 0 Å². The highest BCUT2D eigenvalue weighted by Crippen LogP contribution is 2.38. The number of esters is 1. The number of rotatable bonds is 2. The fourth-order valence-electron chi connectivity index (χ4n) is 3.22. The van der Waals surface area contributed by atoms with Gasteiger partial charge in [-0.1, -0.05) is 18.9 Å². The van der Waals surface area contributed by atoms with E-state index in [0.717, 1.165) is 5.52 Å². The molecule has 19 heavy (non-hydrogen) atoms. The average Bonchev–Trinajstić information content (AvgIpc) is 3.06. The second-order valence-corrected chi connectivity index (χ2v) is 5.40. The average molecular weight is 257 g/mol. The molecule has 0 radical (unpaired) electrons. The Kier molecular flexibility index (Phi) is 3.05. The smallest absolute Gasteiger partial charge is 0.337 e. The van der Waals surface area contributed by atoms with Crippen LogP contribution in [0.25, 0.3) is 10.9 Å². The van der Waals surface area contributed by atoms with Crippen molar-refractivity contribution in [3.05, 3.63) is 35.5 Å². The van der Waals surface area contributed by atoms with Crippen molar-refractivity contribution in [3.8, 4) is 0 Å². The predicted octanol–water partition coefficient (Wildman–Crippen LogP) is 3.62. The number of aryl methyl sites for hydroxylation is 1. The molecule has 0 spiro atoms. The summed E-state index contributed by atoms with van der Waals surface area (Å²) in [5, 5.41) is 1.28. The maximum Gasteiger partial charge on any atom is 0.337 e. The van der Waals surface area contributed by atoms with Crippen LogP contribution in [0.2, 0.25) is 0 Å². The minimum absolute atomic E-state index is 0.273. The summed E-state index contributed by atoms with van der Waals surface area (Å²) in [4.78, 5) is 11.6. The Morgan fingerprint density at radius 1 is 1.32 bits per heavy atom. The van der Waals surface area contributed by atoms with Crippen molar-refractivity contribution < 1.29 is 9.53 Å². The standard InChI is InChI=1S/C16H19NO2/c1-17-10-14(11-5-3-4-6-11)13-8-7-12(9-15(13)17)16(18)19-2/h7-11H,3-6H2,1-2H3. The van der Waals surface area contributed by atoms with Gasteiger partial charge in [0.05, 0.1) is 12.7 Å². The first-order valence-corrected chi connectivity index (χ1v) is 6.88. The third kappa shape index (κ3) is 2.03. The summed E-state index contributed by atoms with van der Waals surface area (Å²) in [6, 6.07) is 5.86. The molecule has 1 aromatic heterocycles. The van der Waals surface area contributed by atoms with Crippen molar-refractivity contribution in [2.24, 2.45) is 7.05 Å². The van der Waals surface area contributed by atoms with E-state index < -0.39 is 0 Å². The highest BCUT2D eigenvalue weighted by Gasteiger charge is 2.21. The van der Waals surface area contributed by atoms with E-state index in [1.165, 1.54) is 43.7 Å². The largest absolute Gasteiger partial charge is 0.465 e. The Morgan fingerprint density at radius 3 is 2.74 bits per heavy atom. The molecule has 0 unspecified atom stereocenters. The SMILES string of the molecule is COC(=O)c1ccc2c(C3CCCC3)cn(C)c2c1. The van der Waals surface area contributed by atoms with Crippen molar-refractivity contribution in [1.82, 2.24) is 4.57 Å². The van der Waals surface area contributed by atoms with Gasteiger partial charge in [-0.3, -0.25) is 0 Å². The number of hydrogen-bond donors (Lipinski definition) is 0. The minimum Gasteiger partial charge on any atom is -0.465 e. The summed E-state index contributed by atoms with van der Waals surface area (Å²) < 4.78 is 6.90. The summed E-state index contributed by atoms with van der Waals surface area (Å²) >= 11 is 0. The normalized spacial score (nSPS) is 16.1. The number of nitrogens with zero attached hydrogens (tertiary/aromatic N) is 1. The molecule has 2 aromatic rings. The molecule has 0 atom stereocenters. The minimum atomic E-state index is -0.273. The molecular weight excluding hydrogens is 238 g/mol. The molecule has 0 amide bonds. The van der Waals surface area contributed by atoms with Gasteiger partial charge in [-0.2, -0.15) is 0 Å². The molecule has 3 nitrogen and oxygen atoms in total. The van der Waals surface area contributed by atoms with Crippen molar-refractivity contribution in [2.75, 3.05) is 7.11 Å². The van der Waals surface area contributed by atoms with Crippen molar-refractivity contribution in [3.63, 3.8) is 0 Å². The molecule has 0 bridgehead atoms. The lowest BCUT2D eigenvalue weighted by molar-refractivity contribution is 0.0601. The number of carbonyl (C=O) groups is 1. The van der Waals surface area contributed by atoms with E-state index in [1.807, 2.05) is 19.2 Å². The van der Waals surface area contributed by atoms with Gasteiger partial charge >= 0.3 is 5.97 Å². The lowest BCUT2D eigenvalue weighted by Crippen LogP contribution is -2.01. The van der Waals surface area contributed by atoms with Crippen LogP contribution in [0.5, 0.6) is 0 Å². The van der Waals surface area contributed by atoms with Gasteiger partial charge in [0.15, 0.2) is 0 Å². The molecule has 100 valence electrons. The highest BCUT2D eigenvalue weighted by atomic mass is 16.5. The van der Waals surface area contributed by atoms with Gasteiger partial charge in [-0.15, -0.1) is 0 Å². The fraction of sp³-hybridized carbons (Fsp3) is 0.438. The van der Waals surface area contributed by atoms with Crippen LogP contribution in [0.3, 0.4) is 0 Å². The zero-order chi connectivity index (χ0) is 13.4. The van der Waals surface area contributed by atoms with Gasteiger partial charge in [-0.05, 0) is 36.5 Å². The molecule has 3 heteroatoms. The number of carbonyl (C=O) groups excluding carboxylic acids is 1. The van der Waals surface area contributed by atoms with Crippen LogP contribution in [0.1, 0.15) is 47.5 Å². The Balaban J connectivity index is 2.09. The molecule has 1 fully saturated rings. The number of fused-ring (bicyclic) bond motifs is 1. The summed E-state index contributed by atoms with van der Waals surface area (Å²) in [5.74, 6) is 0.415. The number of benzene rings is 1. The molecule has 1 saturated carbocycles. The van der Waals surface area contributed by atoms with Crippen LogP contribution in [-0.2, 0) is 11.8 Å². The van der Waals surface area contributed by atoms with E-state index in [0.29, 0.717) is 11.5 Å². The van der Waals surface area contributed by atoms with Crippen LogP contribution < -0.4 is 0 Å². The van der Waals surface area contributed by atoms with E-state index in [4.69, 9.17) is 4.74 Å². The van der Waals surface area contributed by atoms with Crippen molar-refractivity contribution in [2.45, 2.75) is 31.6 Å². The molecule has 1 heterocycles. The summed E-state index contributed by atoms with van der Waals surface area (Å²) in [7, 11) is 3.46. The third-order valence-corrected chi connectivity index (χ3v) is 4.24. The highest BCUT2D eigenvalue weighted by molar-refractivity contribution is 5.95. The topological polar surface area (TPSA) is 31.2 Å². The quantitative estimate of drug-likeness (QED) is 0.769. The van der Waals surface area contributed by atoms with E-state index in [-0.39, 0.29) is 5.97 Å². The first kappa shape index (κ1) is 12.3. The Hall–Kier alpha value is -1.77. The second-order valence-electron chi connectivity index (χ2n) is 5.40. The molecule has 0 saturated heterocycles. The van der Waals surface area contributed by atoms with Crippen LogP contribution in [0.4, 0.5) is 0 Å².